The summed E-state index contributed by atoms with van der Waals surface area (Å²) in [6.45, 7) is 1.89. The van der Waals surface area contributed by atoms with Gasteiger partial charge in [-0.15, -0.1) is 12.6 Å². The molecule has 1 atom stereocenters. The molecule has 160 valence electrons. The van der Waals surface area contributed by atoms with Gasteiger partial charge in [-0.3, -0.25) is 19.7 Å². The molecule has 1 aliphatic heterocycles. The Balaban J connectivity index is 1.74. The molecule has 4 nitrogen and oxygen atoms in total. The number of thiol groups is 1. The number of hydrogen-bond donors (Lipinski definition) is 1. The van der Waals surface area contributed by atoms with Crippen molar-refractivity contribution in [2.75, 3.05) is 13.1 Å². The Labute approximate surface area is 197 Å². The number of pyridine rings is 2. The summed E-state index contributed by atoms with van der Waals surface area (Å²) >= 11 is 7.66. The smallest absolute Gasteiger partial charge is 0.186 e. The summed E-state index contributed by atoms with van der Waals surface area (Å²) < 4.78 is 1.07. The van der Waals surface area contributed by atoms with Gasteiger partial charge in [0.15, 0.2) is 5.12 Å². The molecule has 4 rings (SSSR count). The van der Waals surface area contributed by atoms with Gasteiger partial charge in [-0.2, -0.15) is 0 Å². The average molecular weight is 496 g/mol. The summed E-state index contributed by atoms with van der Waals surface area (Å²) in [4.78, 5) is 22.9. The number of rotatable bonds is 7. The maximum absolute atomic E-state index is 11.5. The van der Waals surface area contributed by atoms with Gasteiger partial charge in [0, 0.05) is 47.6 Å². The van der Waals surface area contributed by atoms with Crippen molar-refractivity contribution in [3.05, 3.63) is 94.5 Å². The van der Waals surface area contributed by atoms with Gasteiger partial charge in [0.05, 0.1) is 0 Å². The fraction of sp³-hybridized carbons (Fsp3) is 0.320. The molecule has 1 saturated heterocycles. The SMILES string of the molecule is O=C(S)CC1CCN([C@H](c2cccc(Br)c2)C(c2cccnc2)c2cccnc2)CC1. The van der Waals surface area contributed by atoms with Crippen LogP contribution in [0.1, 0.15) is 47.9 Å². The van der Waals surface area contributed by atoms with E-state index < -0.39 is 0 Å². The summed E-state index contributed by atoms with van der Waals surface area (Å²) in [5.41, 5.74) is 3.61. The van der Waals surface area contributed by atoms with Gasteiger partial charge in [-0.25, -0.2) is 0 Å². The lowest BCUT2D eigenvalue weighted by Gasteiger charge is -2.41. The molecule has 1 aromatic carbocycles. The number of carbonyl (C=O) groups excluding carboxylic acids is 1. The van der Waals surface area contributed by atoms with Crippen LogP contribution in [0.25, 0.3) is 0 Å². The molecule has 1 fully saturated rings. The number of likely N-dealkylation sites (tertiary alicyclic amines) is 1. The second-order valence-corrected chi connectivity index (χ2v) is 9.54. The first-order valence-electron chi connectivity index (χ1n) is 10.6. The monoisotopic (exact) mass is 495 g/mol. The fourth-order valence-corrected chi connectivity index (χ4v) is 5.34. The highest BCUT2D eigenvalue weighted by Crippen LogP contribution is 2.42. The minimum atomic E-state index is -0.00872. The Hall–Kier alpha value is -2.02. The Bertz CT molecular complexity index is 954. The van der Waals surface area contributed by atoms with E-state index >= 15 is 0 Å². The lowest BCUT2D eigenvalue weighted by molar-refractivity contribution is -0.112. The lowest BCUT2D eigenvalue weighted by atomic mass is 9.80. The molecular weight excluding hydrogens is 470 g/mol. The second-order valence-electron chi connectivity index (χ2n) is 8.13. The molecular formula is C25H26BrN3OS. The minimum Gasteiger partial charge on any atom is -0.295 e. The predicted molar refractivity (Wildman–Crippen MR) is 130 cm³/mol. The number of aromatic nitrogens is 2. The Kier molecular flexibility index (Phi) is 7.54. The van der Waals surface area contributed by atoms with Crippen molar-refractivity contribution in [1.29, 1.82) is 0 Å². The third kappa shape index (κ3) is 5.62. The lowest BCUT2D eigenvalue weighted by Crippen LogP contribution is -2.40. The Morgan fingerprint density at radius 3 is 2.13 bits per heavy atom. The van der Waals surface area contributed by atoms with Crippen molar-refractivity contribution in [2.24, 2.45) is 5.92 Å². The van der Waals surface area contributed by atoms with Gasteiger partial charge in [0.1, 0.15) is 0 Å². The van der Waals surface area contributed by atoms with Crippen LogP contribution in [0.5, 0.6) is 0 Å². The average Bonchev–Trinajstić information content (AvgIpc) is 2.79. The molecule has 0 radical (unpaired) electrons. The number of hydrogen-bond acceptors (Lipinski definition) is 4. The predicted octanol–water partition coefficient (Wildman–Crippen LogP) is 5.67. The molecule has 0 saturated carbocycles. The molecule has 2 aromatic heterocycles. The summed E-state index contributed by atoms with van der Waals surface area (Å²) in [5, 5.41) is -0.00872. The van der Waals surface area contributed by atoms with Crippen LogP contribution in [0.3, 0.4) is 0 Å². The van der Waals surface area contributed by atoms with Crippen molar-refractivity contribution in [1.82, 2.24) is 14.9 Å². The zero-order valence-corrected chi connectivity index (χ0v) is 19.8. The molecule has 31 heavy (non-hydrogen) atoms. The second kappa shape index (κ2) is 10.5. The first-order chi connectivity index (χ1) is 15.1. The van der Waals surface area contributed by atoms with E-state index in [1.165, 1.54) is 16.7 Å². The van der Waals surface area contributed by atoms with Gasteiger partial charge in [0.2, 0.25) is 0 Å². The van der Waals surface area contributed by atoms with Gasteiger partial charge in [0.25, 0.3) is 0 Å². The largest absolute Gasteiger partial charge is 0.295 e. The maximum Gasteiger partial charge on any atom is 0.186 e. The van der Waals surface area contributed by atoms with Crippen molar-refractivity contribution in [2.45, 2.75) is 31.2 Å². The minimum absolute atomic E-state index is 0.00872. The third-order valence-electron chi connectivity index (χ3n) is 6.10. The summed E-state index contributed by atoms with van der Waals surface area (Å²) in [7, 11) is 0. The standard InChI is InChI=1S/C25H26BrN3OS/c26-22-7-1-4-19(15-22)25(29-12-8-18(9-13-29)14-23(30)31)24(20-5-2-10-27-16-20)21-6-3-11-28-17-21/h1-7,10-11,15-18,24-25H,8-9,12-14H2,(H,30,31)/t25-/m1/s1. The van der Waals surface area contributed by atoms with E-state index in [2.05, 4.69) is 79.8 Å². The number of carbonyl (C=O) groups is 1. The van der Waals surface area contributed by atoms with Gasteiger partial charge >= 0.3 is 0 Å². The molecule has 3 heterocycles. The van der Waals surface area contributed by atoms with Crippen molar-refractivity contribution in [3.63, 3.8) is 0 Å². The highest BCUT2D eigenvalue weighted by atomic mass is 79.9. The van der Waals surface area contributed by atoms with Crippen LogP contribution >= 0.6 is 28.6 Å². The quantitative estimate of drug-likeness (QED) is 0.428. The van der Waals surface area contributed by atoms with E-state index in [1.54, 1.807) is 0 Å². The van der Waals surface area contributed by atoms with E-state index in [1.807, 2.05) is 36.9 Å². The highest BCUT2D eigenvalue weighted by molar-refractivity contribution is 9.10. The van der Waals surface area contributed by atoms with Crippen LogP contribution in [0.4, 0.5) is 0 Å². The van der Waals surface area contributed by atoms with E-state index in [0.29, 0.717) is 12.3 Å². The summed E-state index contributed by atoms with van der Waals surface area (Å²) in [6, 6.07) is 17.0. The van der Waals surface area contributed by atoms with Gasteiger partial charge in [-0.1, -0.05) is 40.2 Å². The Morgan fingerprint density at radius 1 is 1.00 bits per heavy atom. The summed E-state index contributed by atoms with van der Waals surface area (Å²) in [6.07, 6.45) is 10.1. The molecule has 0 bridgehead atoms. The number of benzene rings is 1. The zero-order chi connectivity index (χ0) is 21.6. The molecule has 6 heteroatoms. The van der Waals surface area contributed by atoms with E-state index in [9.17, 15) is 4.79 Å². The molecule has 0 unspecified atom stereocenters. The fourth-order valence-electron chi connectivity index (χ4n) is 4.66. The van der Waals surface area contributed by atoms with Crippen LogP contribution in [-0.2, 0) is 4.79 Å². The molecule has 0 amide bonds. The van der Waals surface area contributed by atoms with Crippen LogP contribution < -0.4 is 0 Å². The topological polar surface area (TPSA) is 46.1 Å². The number of nitrogens with zero attached hydrogens (tertiary/aromatic N) is 3. The van der Waals surface area contributed by atoms with E-state index in [0.717, 1.165) is 30.4 Å². The first-order valence-corrected chi connectivity index (χ1v) is 11.9. The molecule has 0 spiro atoms. The third-order valence-corrected chi connectivity index (χ3v) is 6.77. The molecule has 1 aliphatic rings. The van der Waals surface area contributed by atoms with Gasteiger partial charge in [-0.05, 0) is 72.8 Å². The molecule has 0 aliphatic carbocycles. The van der Waals surface area contributed by atoms with Crippen LogP contribution in [0.15, 0.2) is 77.8 Å². The van der Waals surface area contributed by atoms with Gasteiger partial charge < -0.3 is 0 Å². The van der Waals surface area contributed by atoms with Crippen molar-refractivity contribution < 1.29 is 4.79 Å². The van der Waals surface area contributed by atoms with Crippen molar-refractivity contribution in [3.8, 4) is 0 Å². The van der Waals surface area contributed by atoms with Crippen molar-refractivity contribution >= 4 is 33.7 Å². The normalized spacial score (nSPS) is 16.4. The summed E-state index contributed by atoms with van der Waals surface area (Å²) in [5.74, 6) is 0.513. The molecule has 3 aromatic rings. The van der Waals surface area contributed by atoms with Crippen LogP contribution in [-0.4, -0.2) is 33.1 Å². The first kappa shape index (κ1) is 22.2. The van der Waals surface area contributed by atoms with E-state index in [4.69, 9.17) is 0 Å². The number of piperidine rings is 1. The Morgan fingerprint density at radius 2 is 1.61 bits per heavy atom. The zero-order valence-electron chi connectivity index (χ0n) is 17.3. The van der Waals surface area contributed by atoms with Crippen LogP contribution in [0.2, 0.25) is 0 Å². The van der Waals surface area contributed by atoms with E-state index in [-0.39, 0.29) is 17.1 Å². The van der Waals surface area contributed by atoms with Crippen LogP contribution in [0, 0.1) is 5.92 Å². The molecule has 0 N–H and O–H groups in total. The highest BCUT2D eigenvalue weighted by Gasteiger charge is 2.34. The number of halogens is 1. The maximum atomic E-state index is 11.5.